The van der Waals surface area contributed by atoms with E-state index in [-0.39, 0.29) is 12.0 Å². The van der Waals surface area contributed by atoms with Crippen molar-refractivity contribution in [2.24, 2.45) is 0 Å². The Morgan fingerprint density at radius 3 is 2.67 bits per heavy atom. The number of halogens is 3. The molecule has 0 atom stereocenters. The minimum atomic E-state index is -2.77. The van der Waals surface area contributed by atoms with Gasteiger partial charge in [-0.15, -0.1) is 0 Å². The molecule has 0 aliphatic rings. The number of benzene rings is 1. The molecule has 1 N–H and O–H groups in total. The van der Waals surface area contributed by atoms with Crippen LogP contribution in [-0.2, 0) is 5.92 Å². The summed E-state index contributed by atoms with van der Waals surface area (Å²) in [6, 6.07) is 4.96. The lowest BCUT2D eigenvalue weighted by atomic mass is 10.0. The van der Waals surface area contributed by atoms with E-state index in [1.54, 1.807) is 26.1 Å². The third-order valence-electron chi connectivity index (χ3n) is 2.28. The maximum atomic E-state index is 13.7. The largest absolute Gasteiger partial charge is 0.320 e. The van der Waals surface area contributed by atoms with E-state index in [4.69, 9.17) is 0 Å². The lowest BCUT2D eigenvalue weighted by molar-refractivity contribution is -0.0130. The fraction of sp³-hybridized carbons (Fsp3) is 0.455. The van der Waals surface area contributed by atoms with Crippen molar-refractivity contribution in [3.63, 3.8) is 0 Å². The lowest BCUT2D eigenvalue weighted by Crippen LogP contribution is -2.21. The van der Waals surface area contributed by atoms with Gasteiger partial charge in [-0.1, -0.05) is 22.0 Å². The molecule has 0 fully saturated rings. The molecule has 0 heterocycles. The van der Waals surface area contributed by atoms with Gasteiger partial charge >= 0.3 is 0 Å². The number of rotatable bonds is 4. The molecule has 15 heavy (non-hydrogen) atoms. The average molecular weight is 278 g/mol. The van der Waals surface area contributed by atoms with Crippen LogP contribution in [0.4, 0.5) is 8.78 Å². The van der Waals surface area contributed by atoms with E-state index in [0.29, 0.717) is 16.6 Å². The molecule has 84 valence electrons. The molecule has 0 aliphatic heterocycles. The number of nitrogens with one attached hydrogen (secondary N) is 1. The molecule has 4 heteroatoms. The van der Waals surface area contributed by atoms with Crippen LogP contribution in [0.2, 0.25) is 0 Å². The summed E-state index contributed by atoms with van der Waals surface area (Å²) in [7, 11) is 1.67. The Labute approximate surface area is 97.0 Å². The molecular formula is C11H14BrF2N. The highest BCUT2D eigenvalue weighted by Crippen LogP contribution is 2.34. The van der Waals surface area contributed by atoms with Crippen LogP contribution in [0, 0.1) is 6.92 Å². The van der Waals surface area contributed by atoms with E-state index < -0.39 is 5.92 Å². The third-order valence-corrected chi connectivity index (χ3v) is 2.78. The summed E-state index contributed by atoms with van der Waals surface area (Å²) in [5.41, 5.74) is 0.728. The summed E-state index contributed by atoms with van der Waals surface area (Å²) in [4.78, 5) is 0. The van der Waals surface area contributed by atoms with Crippen molar-refractivity contribution in [2.45, 2.75) is 19.3 Å². The van der Waals surface area contributed by atoms with Crippen LogP contribution >= 0.6 is 15.9 Å². The molecule has 0 saturated heterocycles. The number of alkyl halides is 2. The Morgan fingerprint density at radius 2 is 2.07 bits per heavy atom. The van der Waals surface area contributed by atoms with E-state index in [1.165, 1.54) is 6.07 Å². The highest BCUT2D eigenvalue weighted by molar-refractivity contribution is 9.10. The number of aryl methyl sites for hydroxylation is 1. The van der Waals surface area contributed by atoms with Gasteiger partial charge in [0.25, 0.3) is 5.92 Å². The topological polar surface area (TPSA) is 12.0 Å². The van der Waals surface area contributed by atoms with E-state index in [0.717, 1.165) is 0 Å². The SMILES string of the molecule is CNCCC(F)(F)c1cc(Br)ccc1C. The van der Waals surface area contributed by atoms with Crippen molar-refractivity contribution >= 4 is 15.9 Å². The van der Waals surface area contributed by atoms with Gasteiger partial charge in [-0.05, 0) is 31.7 Å². The zero-order chi connectivity index (χ0) is 11.5. The molecule has 0 aliphatic carbocycles. The molecule has 0 aromatic heterocycles. The van der Waals surface area contributed by atoms with Gasteiger partial charge in [0, 0.05) is 23.0 Å². The zero-order valence-electron chi connectivity index (χ0n) is 8.78. The van der Waals surface area contributed by atoms with Gasteiger partial charge in [0.15, 0.2) is 0 Å². The quantitative estimate of drug-likeness (QED) is 0.889. The van der Waals surface area contributed by atoms with Gasteiger partial charge in [-0.3, -0.25) is 0 Å². The van der Waals surface area contributed by atoms with Crippen molar-refractivity contribution in [3.05, 3.63) is 33.8 Å². The van der Waals surface area contributed by atoms with Crippen LogP contribution in [0.3, 0.4) is 0 Å². The predicted molar refractivity (Wildman–Crippen MR) is 61.3 cm³/mol. The lowest BCUT2D eigenvalue weighted by Gasteiger charge is -2.19. The summed E-state index contributed by atoms with van der Waals surface area (Å²) in [5.74, 6) is -2.77. The first kappa shape index (κ1) is 12.6. The minimum absolute atomic E-state index is 0.104. The van der Waals surface area contributed by atoms with Crippen LogP contribution in [-0.4, -0.2) is 13.6 Å². The van der Waals surface area contributed by atoms with Gasteiger partial charge in [0.05, 0.1) is 0 Å². The Kier molecular flexibility index (Phi) is 4.22. The first-order chi connectivity index (χ1) is 6.97. The van der Waals surface area contributed by atoms with E-state index >= 15 is 0 Å². The van der Waals surface area contributed by atoms with Crippen LogP contribution < -0.4 is 5.32 Å². The fourth-order valence-electron chi connectivity index (χ4n) is 1.40. The highest BCUT2D eigenvalue weighted by Gasteiger charge is 2.32. The van der Waals surface area contributed by atoms with Crippen LogP contribution in [0.5, 0.6) is 0 Å². The monoisotopic (exact) mass is 277 g/mol. The van der Waals surface area contributed by atoms with Gasteiger partial charge in [-0.25, -0.2) is 8.78 Å². The molecule has 0 spiro atoms. The zero-order valence-corrected chi connectivity index (χ0v) is 10.4. The maximum absolute atomic E-state index is 13.7. The van der Waals surface area contributed by atoms with Crippen LogP contribution in [0.25, 0.3) is 0 Å². The Hall–Kier alpha value is -0.480. The number of hydrogen-bond acceptors (Lipinski definition) is 1. The van der Waals surface area contributed by atoms with E-state index in [9.17, 15) is 8.78 Å². The van der Waals surface area contributed by atoms with Gasteiger partial charge in [0.1, 0.15) is 0 Å². The normalized spacial score (nSPS) is 11.8. The molecule has 0 unspecified atom stereocenters. The third kappa shape index (κ3) is 3.24. The van der Waals surface area contributed by atoms with Crippen molar-refractivity contribution in [1.29, 1.82) is 0 Å². The fourth-order valence-corrected chi connectivity index (χ4v) is 1.77. The molecule has 0 radical (unpaired) electrons. The minimum Gasteiger partial charge on any atom is -0.320 e. The van der Waals surface area contributed by atoms with Gasteiger partial charge in [-0.2, -0.15) is 0 Å². The molecular weight excluding hydrogens is 264 g/mol. The summed E-state index contributed by atoms with van der Waals surface area (Å²) in [6.07, 6.45) is -0.180. The highest BCUT2D eigenvalue weighted by atomic mass is 79.9. The summed E-state index contributed by atoms with van der Waals surface area (Å²) >= 11 is 3.21. The predicted octanol–water partition coefficient (Wildman–Crippen LogP) is 3.46. The van der Waals surface area contributed by atoms with Crippen molar-refractivity contribution in [2.75, 3.05) is 13.6 Å². The molecule has 1 aromatic rings. The van der Waals surface area contributed by atoms with Gasteiger partial charge < -0.3 is 5.32 Å². The van der Waals surface area contributed by atoms with Crippen LogP contribution in [0.15, 0.2) is 22.7 Å². The second-order valence-corrected chi connectivity index (χ2v) is 4.43. The van der Waals surface area contributed by atoms with E-state index in [1.807, 2.05) is 0 Å². The second-order valence-electron chi connectivity index (χ2n) is 3.52. The summed E-state index contributed by atoms with van der Waals surface area (Å²) < 4.78 is 28.1. The number of hydrogen-bond donors (Lipinski definition) is 1. The Balaban J connectivity index is 2.97. The molecule has 1 nitrogen and oxygen atoms in total. The molecule has 0 bridgehead atoms. The van der Waals surface area contributed by atoms with Crippen molar-refractivity contribution < 1.29 is 8.78 Å². The summed E-state index contributed by atoms with van der Waals surface area (Å²) in [5, 5.41) is 2.74. The molecule has 0 saturated carbocycles. The van der Waals surface area contributed by atoms with Crippen molar-refractivity contribution in [1.82, 2.24) is 5.32 Å². The first-order valence-electron chi connectivity index (χ1n) is 4.76. The average Bonchev–Trinajstić information content (AvgIpc) is 2.18. The first-order valence-corrected chi connectivity index (χ1v) is 5.56. The van der Waals surface area contributed by atoms with Crippen molar-refractivity contribution in [3.8, 4) is 0 Å². The molecule has 0 amide bonds. The summed E-state index contributed by atoms with van der Waals surface area (Å²) in [6.45, 7) is 2.01. The smallest absolute Gasteiger partial charge is 0.274 e. The van der Waals surface area contributed by atoms with Crippen LogP contribution in [0.1, 0.15) is 17.5 Å². The Morgan fingerprint density at radius 1 is 1.40 bits per heavy atom. The maximum Gasteiger partial charge on any atom is 0.274 e. The van der Waals surface area contributed by atoms with Gasteiger partial charge in [0.2, 0.25) is 0 Å². The molecule has 1 rings (SSSR count). The Bertz CT molecular complexity index is 339. The molecule has 1 aromatic carbocycles. The van der Waals surface area contributed by atoms with E-state index in [2.05, 4.69) is 21.2 Å². The second kappa shape index (κ2) is 5.03. The standard InChI is InChI=1S/C11H14BrF2N/c1-8-3-4-9(12)7-10(8)11(13,14)5-6-15-2/h3-4,7,15H,5-6H2,1-2H3.